The molecule has 2 aromatic rings. The molecule has 3 nitrogen and oxygen atoms in total. The summed E-state index contributed by atoms with van der Waals surface area (Å²) in [6.07, 6.45) is 0. The average molecular weight is 379 g/mol. The molecule has 0 spiro atoms. The second-order valence-corrected chi connectivity index (χ2v) is 6.29. The Labute approximate surface area is 126 Å². The normalized spacial score (nSPS) is 14.9. The highest BCUT2D eigenvalue weighted by atomic mass is 127. The fourth-order valence-electron chi connectivity index (χ4n) is 2.15. The van der Waals surface area contributed by atoms with Crippen molar-refractivity contribution in [2.75, 3.05) is 13.7 Å². The van der Waals surface area contributed by atoms with Crippen molar-refractivity contribution in [1.29, 1.82) is 0 Å². The number of alkyl halides is 1. The van der Waals surface area contributed by atoms with Crippen molar-refractivity contribution in [3.8, 4) is 0 Å². The third-order valence-electron chi connectivity index (χ3n) is 2.88. The first-order valence-corrected chi connectivity index (χ1v) is 7.36. The molecule has 98 valence electrons. The first-order valence-electron chi connectivity index (χ1n) is 5.85. The van der Waals surface area contributed by atoms with Crippen LogP contribution in [0.4, 0.5) is 0 Å². The Kier molecular flexibility index (Phi) is 4.50. The monoisotopic (exact) mass is 378 g/mol. The van der Waals surface area contributed by atoms with Crippen LogP contribution in [0.1, 0.15) is 31.1 Å². The quantitative estimate of drug-likeness (QED) is 0.590. The summed E-state index contributed by atoms with van der Waals surface area (Å²) < 4.78 is 8.59. The Balaban J connectivity index is 2.62. The van der Waals surface area contributed by atoms with Crippen molar-refractivity contribution in [2.45, 2.75) is 25.3 Å². The van der Waals surface area contributed by atoms with Crippen molar-refractivity contribution in [3.63, 3.8) is 0 Å². The van der Waals surface area contributed by atoms with Crippen molar-refractivity contribution in [1.82, 2.24) is 9.55 Å². The molecule has 1 aromatic heterocycles. The summed E-state index contributed by atoms with van der Waals surface area (Å²) >= 11 is 8.53. The fraction of sp³-hybridized carbons (Fsp3) is 0.462. The van der Waals surface area contributed by atoms with E-state index in [2.05, 4.69) is 57.3 Å². The van der Waals surface area contributed by atoms with Crippen LogP contribution in [0, 0.1) is 3.57 Å². The number of imidazole rings is 1. The number of hydrogen-bond donors (Lipinski definition) is 0. The molecule has 2 unspecified atom stereocenters. The molecule has 2 atom stereocenters. The molecule has 0 amide bonds. The summed E-state index contributed by atoms with van der Waals surface area (Å²) in [5, 5.41) is -0.116. The van der Waals surface area contributed by atoms with E-state index in [-0.39, 0.29) is 11.4 Å². The number of methoxy groups -OCH3 is 1. The van der Waals surface area contributed by atoms with E-state index in [1.165, 1.54) is 3.57 Å². The van der Waals surface area contributed by atoms with E-state index < -0.39 is 0 Å². The lowest BCUT2D eigenvalue weighted by atomic mass is 10.2. The number of aromatic nitrogens is 2. The summed E-state index contributed by atoms with van der Waals surface area (Å²) in [7, 11) is 1.71. The molecule has 0 bridgehead atoms. The summed E-state index contributed by atoms with van der Waals surface area (Å²) in [6.45, 7) is 4.71. The number of fused-ring (bicyclic) bond motifs is 1. The highest BCUT2D eigenvalue weighted by Crippen LogP contribution is 2.28. The third kappa shape index (κ3) is 2.65. The lowest BCUT2D eigenvalue weighted by molar-refractivity contribution is 0.162. The van der Waals surface area contributed by atoms with Crippen LogP contribution in [0.2, 0.25) is 0 Å². The van der Waals surface area contributed by atoms with Crippen LogP contribution in [-0.4, -0.2) is 23.3 Å². The van der Waals surface area contributed by atoms with Crippen LogP contribution in [-0.2, 0) is 4.74 Å². The van der Waals surface area contributed by atoms with Crippen LogP contribution < -0.4 is 0 Å². The molecule has 0 radical (unpaired) electrons. The van der Waals surface area contributed by atoms with Crippen molar-refractivity contribution in [3.05, 3.63) is 27.6 Å². The van der Waals surface area contributed by atoms with Crippen LogP contribution in [0.5, 0.6) is 0 Å². The number of nitrogens with zero attached hydrogens (tertiary/aromatic N) is 2. The molecule has 0 N–H and O–H groups in total. The molecule has 0 aliphatic rings. The van der Waals surface area contributed by atoms with Gasteiger partial charge in [0.25, 0.3) is 0 Å². The maximum absolute atomic E-state index is 6.24. The van der Waals surface area contributed by atoms with E-state index in [4.69, 9.17) is 16.3 Å². The molecule has 0 saturated carbocycles. The minimum absolute atomic E-state index is 0.116. The zero-order valence-electron chi connectivity index (χ0n) is 10.7. The SMILES string of the molecule is COCC(C)n1c(C(C)Cl)nc2cc(I)ccc21. The molecule has 2 rings (SSSR count). The van der Waals surface area contributed by atoms with E-state index in [0.717, 1.165) is 16.9 Å². The Morgan fingerprint density at radius 3 is 2.78 bits per heavy atom. The van der Waals surface area contributed by atoms with Crippen LogP contribution in [0.3, 0.4) is 0 Å². The predicted molar refractivity (Wildman–Crippen MR) is 83.3 cm³/mol. The molecule has 1 heterocycles. The number of rotatable bonds is 4. The first kappa shape index (κ1) is 14.1. The Morgan fingerprint density at radius 2 is 2.17 bits per heavy atom. The second-order valence-electron chi connectivity index (χ2n) is 4.39. The summed E-state index contributed by atoms with van der Waals surface area (Å²) in [5.41, 5.74) is 2.11. The number of hydrogen-bond acceptors (Lipinski definition) is 2. The predicted octanol–water partition coefficient (Wildman–Crippen LogP) is 4.15. The van der Waals surface area contributed by atoms with Gasteiger partial charge >= 0.3 is 0 Å². The number of ether oxygens (including phenoxy) is 1. The number of benzene rings is 1. The summed E-state index contributed by atoms with van der Waals surface area (Å²) in [6, 6.07) is 6.48. The highest BCUT2D eigenvalue weighted by Gasteiger charge is 2.18. The standard InChI is InChI=1S/C13H16ClIN2O/c1-8(7-18-3)17-12-5-4-10(15)6-11(12)16-13(17)9(2)14/h4-6,8-9H,7H2,1-3H3. The van der Waals surface area contributed by atoms with Gasteiger partial charge in [0.1, 0.15) is 5.82 Å². The average Bonchev–Trinajstić information content (AvgIpc) is 2.67. The van der Waals surface area contributed by atoms with Crippen molar-refractivity contribution in [2.24, 2.45) is 0 Å². The zero-order chi connectivity index (χ0) is 13.3. The summed E-state index contributed by atoms with van der Waals surface area (Å²) in [4.78, 5) is 4.65. The lowest BCUT2D eigenvalue weighted by Crippen LogP contribution is -2.14. The van der Waals surface area contributed by atoms with Gasteiger partial charge in [-0.15, -0.1) is 11.6 Å². The van der Waals surface area contributed by atoms with Gasteiger partial charge in [-0.05, 0) is 54.6 Å². The summed E-state index contributed by atoms with van der Waals surface area (Å²) in [5.74, 6) is 0.901. The maximum Gasteiger partial charge on any atom is 0.128 e. The van der Waals surface area contributed by atoms with Crippen molar-refractivity contribution >= 4 is 45.2 Å². The van der Waals surface area contributed by atoms with Gasteiger partial charge in [0, 0.05) is 10.7 Å². The van der Waals surface area contributed by atoms with E-state index in [1.54, 1.807) is 7.11 Å². The van der Waals surface area contributed by atoms with Gasteiger partial charge in [0.05, 0.1) is 29.1 Å². The van der Waals surface area contributed by atoms with E-state index >= 15 is 0 Å². The van der Waals surface area contributed by atoms with Gasteiger partial charge in [-0.2, -0.15) is 0 Å². The topological polar surface area (TPSA) is 27.1 Å². The Bertz CT molecular complexity index is 553. The van der Waals surface area contributed by atoms with E-state index in [0.29, 0.717) is 6.61 Å². The largest absolute Gasteiger partial charge is 0.383 e. The fourth-order valence-corrected chi connectivity index (χ4v) is 2.78. The van der Waals surface area contributed by atoms with Gasteiger partial charge in [-0.3, -0.25) is 0 Å². The Hall–Kier alpha value is -0.330. The zero-order valence-corrected chi connectivity index (χ0v) is 13.6. The first-order chi connectivity index (χ1) is 8.54. The molecule has 0 aliphatic carbocycles. The van der Waals surface area contributed by atoms with Gasteiger partial charge in [0.2, 0.25) is 0 Å². The maximum atomic E-state index is 6.24. The van der Waals surface area contributed by atoms with E-state index in [1.807, 2.05) is 6.92 Å². The molecule has 18 heavy (non-hydrogen) atoms. The van der Waals surface area contributed by atoms with Gasteiger partial charge in [0.15, 0.2) is 0 Å². The lowest BCUT2D eigenvalue weighted by Gasteiger charge is -2.17. The van der Waals surface area contributed by atoms with Crippen LogP contribution in [0.25, 0.3) is 11.0 Å². The third-order valence-corrected chi connectivity index (χ3v) is 3.75. The Morgan fingerprint density at radius 1 is 1.44 bits per heavy atom. The van der Waals surface area contributed by atoms with Crippen molar-refractivity contribution < 1.29 is 4.74 Å². The smallest absolute Gasteiger partial charge is 0.128 e. The number of halogens is 2. The highest BCUT2D eigenvalue weighted by molar-refractivity contribution is 14.1. The van der Waals surface area contributed by atoms with E-state index in [9.17, 15) is 0 Å². The van der Waals surface area contributed by atoms with Crippen LogP contribution >= 0.6 is 34.2 Å². The second kappa shape index (κ2) is 5.75. The molecule has 5 heteroatoms. The van der Waals surface area contributed by atoms with Gasteiger partial charge in [-0.25, -0.2) is 4.98 Å². The molecular weight excluding hydrogens is 363 g/mol. The van der Waals surface area contributed by atoms with Crippen LogP contribution in [0.15, 0.2) is 18.2 Å². The molecule has 1 aromatic carbocycles. The molecule has 0 fully saturated rings. The van der Waals surface area contributed by atoms with Gasteiger partial charge < -0.3 is 9.30 Å². The minimum atomic E-state index is -0.116. The molecular formula is C13H16ClIN2O. The minimum Gasteiger partial charge on any atom is -0.383 e. The van der Waals surface area contributed by atoms with Gasteiger partial charge in [-0.1, -0.05) is 0 Å². The molecule has 0 aliphatic heterocycles. The molecule has 0 saturated heterocycles.